The van der Waals surface area contributed by atoms with Crippen molar-refractivity contribution in [2.45, 2.75) is 24.7 Å². The van der Waals surface area contributed by atoms with Crippen molar-refractivity contribution in [2.24, 2.45) is 0 Å². The summed E-state index contributed by atoms with van der Waals surface area (Å²) < 4.78 is 21.2. The summed E-state index contributed by atoms with van der Waals surface area (Å²) in [4.78, 5) is 2.44. The van der Waals surface area contributed by atoms with Crippen LogP contribution in [0, 0.1) is 0 Å². The lowest BCUT2D eigenvalue weighted by Gasteiger charge is -2.20. The molecule has 3 saturated heterocycles. The van der Waals surface area contributed by atoms with Crippen molar-refractivity contribution in [3.05, 3.63) is 0 Å². The van der Waals surface area contributed by atoms with Crippen molar-refractivity contribution in [2.75, 3.05) is 52.7 Å². The minimum atomic E-state index is 0.380. The van der Waals surface area contributed by atoms with Gasteiger partial charge in [0.2, 0.25) is 0 Å². The van der Waals surface area contributed by atoms with E-state index in [0.29, 0.717) is 18.3 Å². The van der Waals surface area contributed by atoms with Crippen LogP contribution in [0.1, 0.15) is 6.42 Å². The molecular weight excluding hydrogens is 222 g/mol. The molecule has 0 radical (unpaired) electrons. The van der Waals surface area contributed by atoms with E-state index in [0.717, 1.165) is 59.1 Å². The van der Waals surface area contributed by atoms with Gasteiger partial charge >= 0.3 is 0 Å². The second-order valence-electron chi connectivity index (χ2n) is 5.05. The Morgan fingerprint density at radius 1 is 0.941 bits per heavy atom. The first kappa shape index (κ1) is 11.9. The normalized spacial score (nSPS) is 34.1. The zero-order valence-electron chi connectivity index (χ0n) is 10.2. The molecule has 0 aromatic carbocycles. The van der Waals surface area contributed by atoms with E-state index in [9.17, 15) is 0 Å². The molecule has 98 valence electrons. The van der Waals surface area contributed by atoms with Crippen LogP contribution in [0.25, 0.3) is 0 Å². The largest absolute Gasteiger partial charge is 0.379 e. The summed E-state index contributed by atoms with van der Waals surface area (Å²) in [7, 11) is 0. The van der Waals surface area contributed by atoms with Gasteiger partial charge in [0.25, 0.3) is 0 Å². The van der Waals surface area contributed by atoms with E-state index in [4.69, 9.17) is 18.9 Å². The number of hydrogen-bond donors (Lipinski definition) is 0. The highest BCUT2D eigenvalue weighted by molar-refractivity contribution is 4.80. The van der Waals surface area contributed by atoms with E-state index in [1.165, 1.54) is 0 Å². The van der Waals surface area contributed by atoms with Crippen LogP contribution in [0.15, 0.2) is 0 Å². The van der Waals surface area contributed by atoms with Gasteiger partial charge in [-0.25, -0.2) is 0 Å². The van der Waals surface area contributed by atoms with Gasteiger partial charge in [-0.1, -0.05) is 0 Å². The van der Waals surface area contributed by atoms with Crippen molar-refractivity contribution >= 4 is 0 Å². The number of ether oxygens (including phenoxy) is 4. The van der Waals surface area contributed by atoms with Crippen LogP contribution in [-0.4, -0.2) is 75.9 Å². The summed E-state index contributed by atoms with van der Waals surface area (Å²) in [6.07, 6.45) is 2.39. The van der Waals surface area contributed by atoms with Gasteiger partial charge in [-0.15, -0.1) is 0 Å². The van der Waals surface area contributed by atoms with Gasteiger partial charge in [-0.05, 0) is 6.42 Å². The molecule has 5 nitrogen and oxygen atoms in total. The Balaban J connectivity index is 1.25. The predicted molar refractivity (Wildman–Crippen MR) is 61.1 cm³/mol. The molecule has 3 atom stereocenters. The Hall–Kier alpha value is -0.200. The highest BCUT2D eigenvalue weighted by Gasteiger charge is 2.30. The summed E-state index contributed by atoms with van der Waals surface area (Å²) in [5.74, 6) is 0. The van der Waals surface area contributed by atoms with Crippen molar-refractivity contribution in [3.63, 3.8) is 0 Å². The molecule has 3 fully saturated rings. The van der Waals surface area contributed by atoms with Crippen LogP contribution in [-0.2, 0) is 18.9 Å². The van der Waals surface area contributed by atoms with Crippen LogP contribution < -0.4 is 0 Å². The van der Waals surface area contributed by atoms with Gasteiger partial charge in [0, 0.05) is 26.2 Å². The second-order valence-corrected chi connectivity index (χ2v) is 5.05. The van der Waals surface area contributed by atoms with Crippen molar-refractivity contribution < 1.29 is 18.9 Å². The molecule has 3 aliphatic rings. The summed E-state index contributed by atoms with van der Waals surface area (Å²) in [6, 6.07) is 0. The van der Waals surface area contributed by atoms with Gasteiger partial charge in [-0.2, -0.15) is 0 Å². The molecule has 0 aromatic heterocycles. The molecule has 0 N–H and O–H groups in total. The number of rotatable bonds is 10. The molecule has 17 heavy (non-hydrogen) atoms. The summed E-state index contributed by atoms with van der Waals surface area (Å²) >= 11 is 0. The minimum Gasteiger partial charge on any atom is -0.379 e. The Labute approximate surface area is 102 Å². The minimum absolute atomic E-state index is 0.380. The first-order valence-electron chi connectivity index (χ1n) is 6.55. The molecule has 0 spiro atoms. The lowest BCUT2D eigenvalue weighted by Crippen LogP contribution is -2.33. The quantitative estimate of drug-likeness (QED) is 0.396. The first-order chi connectivity index (χ1) is 8.40. The van der Waals surface area contributed by atoms with E-state index in [-0.39, 0.29) is 0 Å². The lowest BCUT2D eigenvalue weighted by molar-refractivity contribution is 0.103. The molecule has 0 amide bonds. The summed E-state index contributed by atoms with van der Waals surface area (Å²) in [5.41, 5.74) is 0. The Morgan fingerprint density at radius 2 is 1.53 bits per heavy atom. The van der Waals surface area contributed by atoms with Gasteiger partial charge in [0.1, 0.15) is 6.10 Å². The third-order valence-electron chi connectivity index (χ3n) is 3.20. The fourth-order valence-electron chi connectivity index (χ4n) is 1.95. The molecule has 3 heterocycles. The Morgan fingerprint density at radius 3 is 2.06 bits per heavy atom. The van der Waals surface area contributed by atoms with Crippen molar-refractivity contribution in [1.29, 1.82) is 0 Å². The third-order valence-corrected chi connectivity index (χ3v) is 3.20. The molecule has 0 aromatic rings. The van der Waals surface area contributed by atoms with Gasteiger partial charge in [0.05, 0.1) is 38.6 Å². The Kier molecular flexibility index (Phi) is 3.93. The molecule has 3 unspecified atom stereocenters. The zero-order valence-corrected chi connectivity index (χ0v) is 10.2. The molecule has 5 heteroatoms. The summed E-state index contributed by atoms with van der Waals surface area (Å²) in [6.45, 7) is 7.49. The fourth-order valence-corrected chi connectivity index (χ4v) is 1.95. The van der Waals surface area contributed by atoms with Gasteiger partial charge < -0.3 is 18.9 Å². The maximum Gasteiger partial charge on any atom is 0.104 e. The lowest BCUT2D eigenvalue weighted by atomic mass is 10.3. The van der Waals surface area contributed by atoms with Crippen LogP contribution >= 0.6 is 0 Å². The maximum atomic E-state index is 5.54. The standard InChI is InChI=1S/C12H21NO4/c1(3-14-6-12-9-17-12)2-13(4-10-7-15-10)5-11-8-16-11/h10-12H,1-9H2. The van der Waals surface area contributed by atoms with Crippen molar-refractivity contribution in [3.8, 4) is 0 Å². The van der Waals surface area contributed by atoms with E-state index in [1.54, 1.807) is 0 Å². The molecular formula is C12H21NO4. The molecule has 0 aliphatic carbocycles. The Bertz CT molecular complexity index is 225. The highest BCUT2D eigenvalue weighted by atomic mass is 16.6. The van der Waals surface area contributed by atoms with Crippen LogP contribution in [0.2, 0.25) is 0 Å². The average Bonchev–Trinajstić information content (AvgIpc) is 3.10. The van der Waals surface area contributed by atoms with E-state index >= 15 is 0 Å². The van der Waals surface area contributed by atoms with E-state index in [1.807, 2.05) is 0 Å². The van der Waals surface area contributed by atoms with Gasteiger partial charge in [0.15, 0.2) is 0 Å². The topological polar surface area (TPSA) is 50.1 Å². The summed E-state index contributed by atoms with van der Waals surface area (Å²) in [5, 5.41) is 0. The number of epoxide rings is 3. The third kappa shape index (κ3) is 4.89. The maximum absolute atomic E-state index is 5.54. The average molecular weight is 243 g/mol. The molecule has 0 saturated carbocycles. The molecule has 3 aliphatic heterocycles. The number of nitrogens with zero attached hydrogens (tertiary/aromatic N) is 1. The molecule has 3 rings (SSSR count). The van der Waals surface area contributed by atoms with Crippen LogP contribution in [0.3, 0.4) is 0 Å². The van der Waals surface area contributed by atoms with Gasteiger partial charge in [-0.3, -0.25) is 4.90 Å². The first-order valence-corrected chi connectivity index (χ1v) is 6.55. The highest BCUT2D eigenvalue weighted by Crippen LogP contribution is 2.16. The molecule has 0 bridgehead atoms. The predicted octanol–water partition coefficient (Wildman–Crippen LogP) is -0.108. The van der Waals surface area contributed by atoms with Crippen LogP contribution in [0.4, 0.5) is 0 Å². The monoisotopic (exact) mass is 243 g/mol. The fraction of sp³-hybridized carbons (Fsp3) is 1.00. The SMILES string of the molecule is C(COCC1CO1)CN(CC1CO1)CC1CO1. The number of hydrogen-bond acceptors (Lipinski definition) is 5. The van der Waals surface area contributed by atoms with Crippen LogP contribution in [0.5, 0.6) is 0 Å². The van der Waals surface area contributed by atoms with E-state index < -0.39 is 0 Å². The second kappa shape index (κ2) is 5.63. The van der Waals surface area contributed by atoms with Crippen molar-refractivity contribution in [1.82, 2.24) is 4.90 Å². The zero-order chi connectivity index (χ0) is 11.5. The smallest absolute Gasteiger partial charge is 0.104 e. The van der Waals surface area contributed by atoms with E-state index in [2.05, 4.69) is 4.90 Å².